The van der Waals surface area contributed by atoms with Gasteiger partial charge in [0, 0.05) is 6.07 Å². The monoisotopic (exact) mass is 609 g/mol. The zero-order valence-electron chi connectivity index (χ0n) is 24.1. The van der Waals surface area contributed by atoms with Crippen molar-refractivity contribution in [1.82, 2.24) is 15.1 Å². The number of carbonyl (C=O) groups excluding carboxylic acids is 1. The lowest BCUT2D eigenvalue weighted by Crippen LogP contribution is -2.47. The third kappa shape index (κ3) is 7.96. The van der Waals surface area contributed by atoms with Gasteiger partial charge < -0.3 is 19.9 Å². The molecule has 2 aromatic carbocycles. The summed E-state index contributed by atoms with van der Waals surface area (Å²) < 4.78 is 52.5. The minimum Gasteiger partial charge on any atom is -0.476 e. The molecule has 1 fully saturated rings. The predicted octanol–water partition coefficient (Wildman–Crippen LogP) is 6.57. The molecule has 0 bridgehead atoms. The fourth-order valence-electron chi connectivity index (χ4n) is 5.48. The van der Waals surface area contributed by atoms with E-state index in [0.717, 1.165) is 56.2 Å². The molecule has 1 amide bonds. The molecule has 1 heterocycles. The van der Waals surface area contributed by atoms with Crippen LogP contribution in [0.5, 0.6) is 5.88 Å². The van der Waals surface area contributed by atoms with Crippen LogP contribution in [0.2, 0.25) is 0 Å². The third-order valence-corrected chi connectivity index (χ3v) is 7.76. The van der Waals surface area contributed by atoms with Crippen LogP contribution in [-0.4, -0.2) is 45.5 Å². The van der Waals surface area contributed by atoms with Crippen LogP contribution >= 0.6 is 0 Å². The average Bonchev–Trinajstić information content (AvgIpc) is 3.42. The molecule has 2 aliphatic carbocycles. The van der Waals surface area contributed by atoms with Crippen LogP contribution in [0.15, 0.2) is 78.4 Å². The highest BCUT2D eigenvalue weighted by atomic mass is 19.4. The smallest absolute Gasteiger partial charge is 0.416 e. The molecular weight excluding hydrogens is 575 g/mol. The van der Waals surface area contributed by atoms with Crippen LogP contribution in [0.1, 0.15) is 60.1 Å². The zero-order valence-corrected chi connectivity index (χ0v) is 24.1. The Hall–Kier alpha value is -4.38. The number of nitrogens with one attached hydrogen (secondary N) is 1. The van der Waals surface area contributed by atoms with Gasteiger partial charge in [0.2, 0.25) is 11.8 Å². The van der Waals surface area contributed by atoms with Gasteiger partial charge in [-0.05, 0) is 60.1 Å². The Morgan fingerprint density at radius 3 is 2.52 bits per heavy atom. The molecule has 0 unspecified atom stereocenters. The number of carbonyl (C=O) groups is 2. The summed E-state index contributed by atoms with van der Waals surface area (Å²) in [6, 6.07) is 12.9. The molecule has 0 spiro atoms. The summed E-state index contributed by atoms with van der Waals surface area (Å²) >= 11 is 0. The van der Waals surface area contributed by atoms with E-state index in [-0.39, 0.29) is 42.8 Å². The second kappa shape index (κ2) is 13.9. The Morgan fingerprint density at radius 2 is 1.80 bits per heavy atom. The van der Waals surface area contributed by atoms with Crippen molar-refractivity contribution in [3.05, 3.63) is 95.2 Å². The fourth-order valence-corrected chi connectivity index (χ4v) is 5.48. The molecule has 44 heavy (non-hydrogen) atoms. The molecule has 2 aliphatic rings. The maximum Gasteiger partial charge on any atom is 0.416 e. The van der Waals surface area contributed by atoms with E-state index in [4.69, 9.17) is 9.47 Å². The van der Waals surface area contributed by atoms with Crippen molar-refractivity contribution in [3.8, 4) is 17.0 Å². The van der Waals surface area contributed by atoms with Crippen molar-refractivity contribution in [2.45, 2.75) is 70.0 Å². The van der Waals surface area contributed by atoms with Crippen LogP contribution < -0.4 is 10.1 Å². The van der Waals surface area contributed by atoms with Gasteiger partial charge in [0.05, 0.1) is 24.3 Å². The number of hydrogen-bond acceptors (Lipinski definition) is 5. The van der Waals surface area contributed by atoms with E-state index in [0.29, 0.717) is 23.3 Å². The number of aromatic nitrogens is 2. The van der Waals surface area contributed by atoms with Crippen molar-refractivity contribution in [1.29, 1.82) is 0 Å². The minimum absolute atomic E-state index is 0.0353. The SMILES string of the molecule is O=C(Cn1nc(C(=O)O)cc1OCc1ccccc1-c1ccc(C(F)(F)F)cc1)N[C@H]1CCCC[C@@H]1OCC1=CCCC=C1. The van der Waals surface area contributed by atoms with Crippen molar-refractivity contribution in [2.24, 2.45) is 0 Å². The maximum absolute atomic E-state index is 13.1. The largest absolute Gasteiger partial charge is 0.476 e. The van der Waals surface area contributed by atoms with Crippen LogP contribution in [0, 0.1) is 0 Å². The topological polar surface area (TPSA) is 103 Å². The Balaban J connectivity index is 1.26. The number of nitrogens with zero attached hydrogens (tertiary/aromatic N) is 2. The molecule has 8 nitrogen and oxygen atoms in total. The van der Waals surface area contributed by atoms with Crippen LogP contribution in [0.4, 0.5) is 13.2 Å². The molecule has 2 N–H and O–H groups in total. The van der Waals surface area contributed by atoms with E-state index >= 15 is 0 Å². The second-order valence-corrected chi connectivity index (χ2v) is 10.9. The number of allylic oxidation sites excluding steroid dienone is 2. The number of benzene rings is 2. The highest BCUT2D eigenvalue weighted by molar-refractivity contribution is 5.86. The maximum atomic E-state index is 13.1. The first kappa shape index (κ1) is 31.1. The summed E-state index contributed by atoms with van der Waals surface area (Å²) in [6.07, 6.45) is 7.39. The van der Waals surface area contributed by atoms with Gasteiger partial charge in [-0.2, -0.15) is 18.3 Å². The number of carboxylic acid groups (broad SMARTS) is 1. The Bertz CT molecular complexity index is 1530. The van der Waals surface area contributed by atoms with Crippen molar-refractivity contribution < 1.29 is 37.3 Å². The van der Waals surface area contributed by atoms with Gasteiger partial charge in [-0.25, -0.2) is 9.48 Å². The zero-order chi connectivity index (χ0) is 31.1. The molecule has 1 saturated carbocycles. The average molecular weight is 610 g/mol. The van der Waals surface area contributed by atoms with Crippen molar-refractivity contribution in [3.63, 3.8) is 0 Å². The quantitative estimate of drug-likeness (QED) is 0.255. The lowest BCUT2D eigenvalue weighted by atomic mass is 9.92. The summed E-state index contributed by atoms with van der Waals surface area (Å²) in [5.41, 5.74) is 1.99. The number of carboxylic acids is 1. The number of alkyl halides is 3. The number of hydrogen-bond donors (Lipinski definition) is 2. The summed E-state index contributed by atoms with van der Waals surface area (Å²) in [5.74, 6) is -1.55. The highest BCUT2D eigenvalue weighted by Gasteiger charge is 2.30. The molecule has 2 atom stereocenters. The first-order valence-electron chi connectivity index (χ1n) is 14.6. The number of ether oxygens (including phenoxy) is 2. The lowest BCUT2D eigenvalue weighted by molar-refractivity contribution is -0.137. The molecule has 0 saturated heterocycles. The van der Waals surface area contributed by atoms with Gasteiger partial charge in [0.25, 0.3) is 0 Å². The number of rotatable bonds is 11. The van der Waals surface area contributed by atoms with E-state index in [2.05, 4.69) is 28.6 Å². The molecule has 0 radical (unpaired) electrons. The van der Waals surface area contributed by atoms with E-state index in [1.807, 2.05) is 0 Å². The second-order valence-electron chi connectivity index (χ2n) is 10.9. The fraction of sp³-hybridized carbons (Fsp3) is 0.364. The summed E-state index contributed by atoms with van der Waals surface area (Å²) in [4.78, 5) is 24.8. The summed E-state index contributed by atoms with van der Waals surface area (Å²) in [6.45, 7) is 0.188. The van der Waals surface area contributed by atoms with Crippen LogP contribution in [0.3, 0.4) is 0 Å². The van der Waals surface area contributed by atoms with E-state index in [9.17, 15) is 27.9 Å². The van der Waals surface area contributed by atoms with Crippen molar-refractivity contribution in [2.75, 3.05) is 6.61 Å². The van der Waals surface area contributed by atoms with E-state index < -0.39 is 17.7 Å². The van der Waals surface area contributed by atoms with Gasteiger partial charge in [-0.3, -0.25) is 4.79 Å². The predicted molar refractivity (Wildman–Crippen MR) is 157 cm³/mol. The standard InChI is InChI=1S/C33H34F3N3O5/c34-33(35,36)25-16-14-23(15-17-25)26-11-5-4-10-24(26)21-44-31-18-28(32(41)42)38-39(31)19-30(40)37-27-12-6-7-13-29(27)43-20-22-8-2-1-3-9-22/h2,4-5,8-11,14-18,27,29H,1,3,6-7,12-13,19-21H2,(H,37,40)(H,41,42)/t27-,29-/m0/s1. The van der Waals surface area contributed by atoms with Crippen LogP contribution in [0.25, 0.3) is 11.1 Å². The number of halogens is 3. The van der Waals surface area contributed by atoms with Gasteiger partial charge in [0.15, 0.2) is 5.69 Å². The minimum atomic E-state index is -4.44. The first-order valence-corrected chi connectivity index (χ1v) is 14.6. The third-order valence-electron chi connectivity index (χ3n) is 7.76. The van der Waals surface area contributed by atoms with Gasteiger partial charge >= 0.3 is 12.1 Å². The van der Waals surface area contributed by atoms with Crippen molar-refractivity contribution >= 4 is 11.9 Å². The molecule has 5 rings (SSSR count). The molecular formula is C33H34F3N3O5. The molecule has 0 aliphatic heterocycles. The normalized spacial score (nSPS) is 18.5. The van der Waals surface area contributed by atoms with E-state index in [1.54, 1.807) is 24.3 Å². The van der Waals surface area contributed by atoms with Gasteiger partial charge in [-0.1, -0.05) is 67.5 Å². The van der Waals surface area contributed by atoms with Gasteiger partial charge in [0.1, 0.15) is 13.2 Å². The molecule has 11 heteroatoms. The Labute approximate surface area is 253 Å². The molecule has 3 aromatic rings. The van der Waals surface area contributed by atoms with Crippen LogP contribution in [-0.2, 0) is 28.9 Å². The number of amides is 1. The molecule has 1 aromatic heterocycles. The molecule has 232 valence electrons. The summed E-state index contributed by atoms with van der Waals surface area (Å²) in [5, 5.41) is 16.6. The number of aromatic carboxylic acids is 1. The van der Waals surface area contributed by atoms with E-state index in [1.165, 1.54) is 22.9 Å². The lowest BCUT2D eigenvalue weighted by Gasteiger charge is -2.32. The Kier molecular flexibility index (Phi) is 9.84. The Morgan fingerprint density at radius 1 is 1.02 bits per heavy atom. The highest BCUT2D eigenvalue weighted by Crippen LogP contribution is 2.32. The van der Waals surface area contributed by atoms with Gasteiger partial charge in [-0.15, -0.1) is 0 Å². The summed E-state index contributed by atoms with van der Waals surface area (Å²) in [7, 11) is 0. The first-order chi connectivity index (χ1) is 21.2.